The number of carbonyl (C=O) groups is 1. The molecule has 1 N–H and O–H groups in total. The Morgan fingerprint density at radius 3 is 2.76 bits per heavy atom. The van der Waals surface area contributed by atoms with E-state index in [9.17, 15) is 4.79 Å². The van der Waals surface area contributed by atoms with Gasteiger partial charge in [0.05, 0.1) is 5.69 Å². The van der Waals surface area contributed by atoms with Crippen LogP contribution in [0.3, 0.4) is 0 Å². The smallest absolute Gasteiger partial charge is 0.272 e. The largest absolute Gasteiger partial charge is 0.335 e. The van der Waals surface area contributed by atoms with Gasteiger partial charge in [0, 0.05) is 36.2 Å². The number of amides is 1. The summed E-state index contributed by atoms with van der Waals surface area (Å²) < 4.78 is 0.980. The molecule has 1 amide bonds. The van der Waals surface area contributed by atoms with Crippen molar-refractivity contribution < 1.29 is 4.79 Å². The third-order valence-corrected chi connectivity index (χ3v) is 3.90. The Balaban J connectivity index is 1.87. The summed E-state index contributed by atoms with van der Waals surface area (Å²) in [4.78, 5) is 22.7. The minimum absolute atomic E-state index is 0.0323. The Bertz CT molecular complexity index is 656. The molecule has 0 atom stereocenters. The monoisotopic (exact) mass is 346 g/mol. The molecule has 0 saturated carbocycles. The Hall–Kier alpha value is -1.79. The van der Waals surface area contributed by atoms with Gasteiger partial charge in [-0.15, -0.1) is 0 Å². The van der Waals surface area contributed by atoms with Crippen molar-refractivity contribution in [2.75, 3.05) is 26.2 Å². The number of halogens is 1. The van der Waals surface area contributed by atoms with Crippen LogP contribution in [0.25, 0.3) is 11.3 Å². The topological polar surface area (TPSA) is 58.1 Å². The second-order valence-corrected chi connectivity index (χ2v) is 5.76. The highest BCUT2D eigenvalue weighted by molar-refractivity contribution is 9.10. The third-order valence-electron chi connectivity index (χ3n) is 3.41. The summed E-state index contributed by atoms with van der Waals surface area (Å²) in [6.45, 7) is 3.09. The first-order valence-corrected chi connectivity index (χ1v) is 7.61. The molecule has 1 aliphatic heterocycles. The first-order chi connectivity index (χ1) is 10.2. The zero-order valence-electron chi connectivity index (χ0n) is 11.4. The maximum Gasteiger partial charge on any atom is 0.272 e. The molecule has 21 heavy (non-hydrogen) atoms. The van der Waals surface area contributed by atoms with Gasteiger partial charge in [0.2, 0.25) is 0 Å². The van der Waals surface area contributed by atoms with Gasteiger partial charge >= 0.3 is 0 Å². The third kappa shape index (κ3) is 3.28. The Morgan fingerprint density at radius 2 is 2.00 bits per heavy atom. The normalized spacial score (nSPS) is 15.0. The summed E-state index contributed by atoms with van der Waals surface area (Å²) in [6.07, 6.45) is 1.45. The van der Waals surface area contributed by atoms with Crippen LogP contribution in [0.15, 0.2) is 41.1 Å². The minimum Gasteiger partial charge on any atom is -0.335 e. The van der Waals surface area contributed by atoms with Crippen LogP contribution < -0.4 is 5.32 Å². The highest BCUT2D eigenvalue weighted by Gasteiger charge is 2.19. The van der Waals surface area contributed by atoms with Crippen molar-refractivity contribution in [1.82, 2.24) is 20.2 Å². The number of rotatable bonds is 2. The van der Waals surface area contributed by atoms with E-state index in [4.69, 9.17) is 0 Å². The maximum absolute atomic E-state index is 12.4. The van der Waals surface area contributed by atoms with E-state index < -0.39 is 0 Å². The van der Waals surface area contributed by atoms with E-state index in [1.165, 1.54) is 6.33 Å². The molecule has 2 aromatic rings. The van der Waals surface area contributed by atoms with Crippen molar-refractivity contribution in [3.05, 3.63) is 46.8 Å². The van der Waals surface area contributed by atoms with E-state index in [2.05, 4.69) is 31.2 Å². The Kier molecular flexibility index (Phi) is 4.26. The Morgan fingerprint density at radius 1 is 1.19 bits per heavy atom. The van der Waals surface area contributed by atoms with E-state index in [0.29, 0.717) is 5.69 Å². The minimum atomic E-state index is -0.0323. The molecule has 1 aromatic carbocycles. The molecule has 1 fully saturated rings. The highest BCUT2D eigenvalue weighted by atomic mass is 79.9. The number of piperazine rings is 1. The molecule has 108 valence electrons. The van der Waals surface area contributed by atoms with Crippen molar-refractivity contribution in [2.24, 2.45) is 0 Å². The quantitative estimate of drug-likeness (QED) is 0.902. The molecule has 5 nitrogen and oxygen atoms in total. The summed E-state index contributed by atoms with van der Waals surface area (Å²) in [6, 6.07) is 9.59. The number of carbonyl (C=O) groups excluding carboxylic acids is 1. The van der Waals surface area contributed by atoms with Crippen molar-refractivity contribution >= 4 is 21.8 Å². The average molecular weight is 347 g/mol. The van der Waals surface area contributed by atoms with E-state index in [-0.39, 0.29) is 5.91 Å². The molecule has 0 bridgehead atoms. The molecular formula is C15H15BrN4O. The van der Waals surface area contributed by atoms with Crippen LogP contribution in [0.5, 0.6) is 0 Å². The van der Waals surface area contributed by atoms with Crippen molar-refractivity contribution in [3.63, 3.8) is 0 Å². The van der Waals surface area contributed by atoms with Gasteiger partial charge in [-0.1, -0.05) is 28.1 Å². The zero-order chi connectivity index (χ0) is 14.7. The number of benzene rings is 1. The fourth-order valence-corrected chi connectivity index (χ4v) is 2.71. The molecule has 0 aliphatic carbocycles. The molecule has 3 rings (SSSR count). The van der Waals surface area contributed by atoms with Gasteiger partial charge in [-0.05, 0) is 18.2 Å². The van der Waals surface area contributed by atoms with Gasteiger partial charge in [0.1, 0.15) is 12.0 Å². The molecule has 6 heteroatoms. The summed E-state index contributed by atoms with van der Waals surface area (Å²) in [7, 11) is 0. The van der Waals surface area contributed by atoms with Gasteiger partial charge in [0.15, 0.2) is 0 Å². The summed E-state index contributed by atoms with van der Waals surface area (Å²) in [5.74, 6) is -0.0323. The first-order valence-electron chi connectivity index (χ1n) is 6.82. The van der Waals surface area contributed by atoms with Crippen LogP contribution in [0.4, 0.5) is 0 Å². The lowest BCUT2D eigenvalue weighted by atomic mass is 10.1. The Labute approximate surface area is 131 Å². The summed E-state index contributed by atoms with van der Waals surface area (Å²) in [5.41, 5.74) is 2.16. The van der Waals surface area contributed by atoms with Crippen LogP contribution in [0.2, 0.25) is 0 Å². The zero-order valence-corrected chi connectivity index (χ0v) is 13.0. The van der Waals surface area contributed by atoms with Crippen LogP contribution in [-0.2, 0) is 0 Å². The molecular weight excluding hydrogens is 332 g/mol. The van der Waals surface area contributed by atoms with Crippen molar-refractivity contribution in [2.45, 2.75) is 0 Å². The highest BCUT2D eigenvalue weighted by Crippen LogP contribution is 2.21. The second kappa shape index (κ2) is 6.32. The van der Waals surface area contributed by atoms with Crippen LogP contribution in [-0.4, -0.2) is 47.0 Å². The predicted octanol–water partition coefficient (Wildman–Crippen LogP) is 1.95. The predicted molar refractivity (Wildman–Crippen MR) is 83.9 cm³/mol. The van der Waals surface area contributed by atoms with Crippen LogP contribution >= 0.6 is 15.9 Å². The summed E-state index contributed by atoms with van der Waals surface area (Å²) in [5, 5.41) is 3.23. The first kappa shape index (κ1) is 14.2. The fourth-order valence-electron chi connectivity index (χ4n) is 2.31. The SMILES string of the molecule is O=C(c1cc(-c2cccc(Br)c2)ncn1)N1CCNCC1. The molecule has 0 radical (unpaired) electrons. The molecule has 1 aromatic heterocycles. The molecule has 1 saturated heterocycles. The van der Waals surface area contributed by atoms with Crippen LogP contribution in [0, 0.1) is 0 Å². The fraction of sp³-hybridized carbons (Fsp3) is 0.267. The lowest BCUT2D eigenvalue weighted by Crippen LogP contribution is -2.46. The standard InChI is InChI=1S/C15H15BrN4O/c16-12-3-1-2-11(8-12)13-9-14(19-10-18-13)15(21)20-6-4-17-5-7-20/h1-3,8-10,17H,4-7H2. The summed E-state index contributed by atoms with van der Waals surface area (Å²) >= 11 is 3.44. The lowest BCUT2D eigenvalue weighted by Gasteiger charge is -2.27. The number of hydrogen-bond acceptors (Lipinski definition) is 4. The molecule has 1 aliphatic rings. The average Bonchev–Trinajstić information content (AvgIpc) is 2.55. The lowest BCUT2D eigenvalue weighted by molar-refractivity contribution is 0.0729. The van der Waals surface area contributed by atoms with Crippen LogP contribution in [0.1, 0.15) is 10.5 Å². The van der Waals surface area contributed by atoms with Gasteiger partial charge in [0.25, 0.3) is 5.91 Å². The molecule has 2 heterocycles. The molecule has 0 spiro atoms. The van der Waals surface area contributed by atoms with Gasteiger partial charge in [-0.2, -0.15) is 0 Å². The van der Waals surface area contributed by atoms with Crippen molar-refractivity contribution in [3.8, 4) is 11.3 Å². The van der Waals surface area contributed by atoms with E-state index >= 15 is 0 Å². The number of hydrogen-bond donors (Lipinski definition) is 1. The number of nitrogens with one attached hydrogen (secondary N) is 1. The van der Waals surface area contributed by atoms with E-state index in [1.807, 2.05) is 29.2 Å². The van der Waals surface area contributed by atoms with Gasteiger partial charge in [-0.3, -0.25) is 4.79 Å². The number of nitrogens with zero attached hydrogens (tertiary/aromatic N) is 3. The van der Waals surface area contributed by atoms with E-state index in [0.717, 1.165) is 41.9 Å². The van der Waals surface area contributed by atoms with Gasteiger partial charge < -0.3 is 10.2 Å². The number of aromatic nitrogens is 2. The van der Waals surface area contributed by atoms with E-state index in [1.54, 1.807) is 6.07 Å². The van der Waals surface area contributed by atoms with Gasteiger partial charge in [-0.25, -0.2) is 9.97 Å². The second-order valence-electron chi connectivity index (χ2n) is 4.84. The maximum atomic E-state index is 12.4. The van der Waals surface area contributed by atoms with Crippen molar-refractivity contribution in [1.29, 1.82) is 0 Å². The molecule has 0 unspecified atom stereocenters.